The lowest BCUT2D eigenvalue weighted by Gasteiger charge is -2.35. The Labute approximate surface area is 167 Å². The summed E-state index contributed by atoms with van der Waals surface area (Å²) in [5.74, 6) is 0. The van der Waals surface area contributed by atoms with Gasteiger partial charge in [0.1, 0.15) is 0 Å². The zero-order valence-electron chi connectivity index (χ0n) is 15.7. The third-order valence-corrected chi connectivity index (χ3v) is 7.22. The molecule has 1 saturated heterocycles. The lowest BCUT2D eigenvalue weighted by Crippen LogP contribution is -2.52. The highest BCUT2D eigenvalue weighted by Crippen LogP contribution is 2.22. The van der Waals surface area contributed by atoms with Gasteiger partial charge < -0.3 is 10.2 Å². The first-order chi connectivity index (χ1) is 12.9. The van der Waals surface area contributed by atoms with Gasteiger partial charge in [0, 0.05) is 32.7 Å². The Morgan fingerprint density at radius 3 is 2.33 bits per heavy atom. The highest BCUT2D eigenvalue weighted by molar-refractivity contribution is 7.89. The van der Waals surface area contributed by atoms with E-state index in [-0.39, 0.29) is 0 Å². The van der Waals surface area contributed by atoms with Crippen molar-refractivity contribution in [2.45, 2.75) is 25.3 Å². The Bertz CT molecular complexity index is 906. The first kappa shape index (κ1) is 19.8. The van der Waals surface area contributed by atoms with Gasteiger partial charge in [-0.05, 0) is 43.3 Å². The fourth-order valence-corrected chi connectivity index (χ4v) is 5.13. The van der Waals surface area contributed by atoms with E-state index in [2.05, 4.69) is 5.32 Å². The zero-order chi connectivity index (χ0) is 19.4. The van der Waals surface area contributed by atoms with Crippen molar-refractivity contribution < 1.29 is 8.42 Å². The predicted molar refractivity (Wildman–Crippen MR) is 112 cm³/mol. The number of thiocarbonyl (C=S) groups is 1. The van der Waals surface area contributed by atoms with E-state index in [9.17, 15) is 8.42 Å². The molecule has 0 bridgehead atoms. The summed E-state index contributed by atoms with van der Waals surface area (Å²) in [6.45, 7) is 6.52. The number of nitrogens with one attached hydrogen (secondary N) is 1. The van der Waals surface area contributed by atoms with Crippen LogP contribution in [0.3, 0.4) is 0 Å². The summed E-state index contributed by atoms with van der Waals surface area (Å²) in [5, 5.41) is 3.93. The van der Waals surface area contributed by atoms with Crippen LogP contribution in [-0.4, -0.2) is 48.9 Å². The first-order valence-electron chi connectivity index (χ1n) is 9.02. The Morgan fingerprint density at radius 2 is 1.70 bits per heavy atom. The second-order valence-corrected chi connectivity index (χ2v) is 9.10. The summed E-state index contributed by atoms with van der Waals surface area (Å²) in [6.07, 6.45) is 0. The molecule has 0 aromatic heterocycles. The topological polar surface area (TPSA) is 52.7 Å². The van der Waals surface area contributed by atoms with E-state index in [4.69, 9.17) is 12.2 Å². The van der Waals surface area contributed by atoms with Gasteiger partial charge in [-0.25, -0.2) is 8.42 Å². The molecular formula is C20H25N3O2S2. The van der Waals surface area contributed by atoms with E-state index >= 15 is 0 Å². The van der Waals surface area contributed by atoms with Crippen LogP contribution in [-0.2, 0) is 16.6 Å². The molecule has 1 aliphatic heterocycles. The summed E-state index contributed by atoms with van der Waals surface area (Å²) in [5.41, 5.74) is 3.01. The van der Waals surface area contributed by atoms with Crippen LogP contribution < -0.4 is 5.32 Å². The van der Waals surface area contributed by atoms with E-state index in [0.29, 0.717) is 42.7 Å². The lowest BCUT2D eigenvalue weighted by molar-refractivity contribution is 0.264. The van der Waals surface area contributed by atoms with Crippen LogP contribution >= 0.6 is 12.2 Å². The van der Waals surface area contributed by atoms with Crippen LogP contribution in [0, 0.1) is 13.8 Å². The number of aryl methyl sites for hydroxylation is 2. The van der Waals surface area contributed by atoms with E-state index in [1.54, 1.807) is 10.4 Å². The quantitative estimate of drug-likeness (QED) is 0.796. The van der Waals surface area contributed by atoms with E-state index in [1.165, 1.54) is 0 Å². The summed E-state index contributed by atoms with van der Waals surface area (Å²) in [4.78, 5) is 2.43. The standard InChI is InChI=1S/C20H25N3O2S2/c1-16-8-9-19(17(2)14-16)27(24,25)23-12-10-22(11-13-23)20(26)21-15-18-6-4-3-5-7-18/h3-9,14H,10-13,15H2,1-2H3,(H,21,26). The van der Waals surface area contributed by atoms with Crippen molar-refractivity contribution in [1.82, 2.24) is 14.5 Å². The molecule has 0 unspecified atom stereocenters. The average molecular weight is 404 g/mol. The molecule has 27 heavy (non-hydrogen) atoms. The summed E-state index contributed by atoms with van der Waals surface area (Å²) in [7, 11) is -3.47. The van der Waals surface area contributed by atoms with Crippen LogP contribution in [0.1, 0.15) is 16.7 Å². The molecule has 1 heterocycles. The van der Waals surface area contributed by atoms with Gasteiger partial charge in [-0.2, -0.15) is 4.31 Å². The fraction of sp³-hybridized carbons (Fsp3) is 0.350. The molecule has 5 nitrogen and oxygen atoms in total. The number of benzene rings is 2. The Kier molecular flexibility index (Phi) is 6.14. The maximum absolute atomic E-state index is 13.0. The van der Waals surface area contributed by atoms with Crippen molar-refractivity contribution >= 4 is 27.4 Å². The third kappa shape index (κ3) is 4.66. The zero-order valence-corrected chi connectivity index (χ0v) is 17.3. The first-order valence-corrected chi connectivity index (χ1v) is 10.9. The third-order valence-electron chi connectivity index (χ3n) is 4.76. The van der Waals surface area contributed by atoms with Crippen molar-refractivity contribution in [2.24, 2.45) is 0 Å². The van der Waals surface area contributed by atoms with Gasteiger partial charge in [-0.3, -0.25) is 0 Å². The van der Waals surface area contributed by atoms with Crippen LogP contribution in [0.2, 0.25) is 0 Å². The van der Waals surface area contributed by atoms with Crippen molar-refractivity contribution in [3.8, 4) is 0 Å². The lowest BCUT2D eigenvalue weighted by atomic mass is 10.2. The fourth-order valence-electron chi connectivity index (χ4n) is 3.24. The van der Waals surface area contributed by atoms with Gasteiger partial charge >= 0.3 is 0 Å². The molecule has 0 spiro atoms. The molecule has 2 aromatic rings. The number of sulfonamides is 1. The molecule has 1 aliphatic rings. The summed E-state index contributed by atoms with van der Waals surface area (Å²) in [6, 6.07) is 15.5. The maximum atomic E-state index is 13.0. The molecule has 0 amide bonds. The van der Waals surface area contributed by atoms with E-state index < -0.39 is 10.0 Å². The Hall–Kier alpha value is -1.96. The molecule has 2 aromatic carbocycles. The Morgan fingerprint density at radius 1 is 1.04 bits per heavy atom. The van der Waals surface area contributed by atoms with Gasteiger partial charge in [0.15, 0.2) is 5.11 Å². The molecule has 0 radical (unpaired) electrons. The number of hydrogen-bond donors (Lipinski definition) is 1. The molecule has 3 rings (SSSR count). The van der Waals surface area contributed by atoms with Crippen molar-refractivity contribution in [3.63, 3.8) is 0 Å². The maximum Gasteiger partial charge on any atom is 0.243 e. The second kappa shape index (κ2) is 8.37. The minimum absolute atomic E-state index is 0.395. The smallest absolute Gasteiger partial charge is 0.243 e. The molecule has 0 atom stereocenters. The molecule has 0 saturated carbocycles. The SMILES string of the molecule is Cc1ccc(S(=O)(=O)N2CCN(C(=S)NCc3ccccc3)CC2)c(C)c1. The minimum atomic E-state index is -3.47. The largest absolute Gasteiger partial charge is 0.358 e. The molecular weight excluding hydrogens is 378 g/mol. The average Bonchev–Trinajstić information content (AvgIpc) is 2.66. The van der Waals surface area contributed by atoms with Gasteiger partial charge in [0.05, 0.1) is 4.90 Å². The van der Waals surface area contributed by atoms with Crippen LogP contribution in [0.15, 0.2) is 53.4 Å². The van der Waals surface area contributed by atoms with Gasteiger partial charge in [0.2, 0.25) is 10.0 Å². The predicted octanol–water partition coefficient (Wildman–Crippen LogP) is 2.68. The number of nitrogens with zero attached hydrogens (tertiary/aromatic N) is 2. The summed E-state index contributed by atoms with van der Waals surface area (Å²) >= 11 is 5.48. The molecule has 7 heteroatoms. The van der Waals surface area contributed by atoms with Crippen molar-refractivity contribution in [1.29, 1.82) is 0 Å². The molecule has 0 aliphatic carbocycles. The highest BCUT2D eigenvalue weighted by atomic mass is 32.2. The molecule has 144 valence electrons. The van der Waals surface area contributed by atoms with Crippen molar-refractivity contribution in [2.75, 3.05) is 26.2 Å². The van der Waals surface area contributed by atoms with Crippen LogP contribution in [0.4, 0.5) is 0 Å². The number of rotatable bonds is 4. The molecule has 1 N–H and O–H groups in total. The summed E-state index contributed by atoms with van der Waals surface area (Å²) < 4.78 is 27.5. The normalized spacial score (nSPS) is 15.6. The van der Waals surface area contributed by atoms with E-state index in [0.717, 1.165) is 16.7 Å². The minimum Gasteiger partial charge on any atom is -0.358 e. The highest BCUT2D eigenvalue weighted by Gasteiger charge is 2.30. The molecule has 1 fully saturated rings. The van der Waals surface area contributed by atoms with Crippen LogP contribution in [0.5, 0.6) is 0 Å². The monoisotopic (exact) mass is 403 g/mol. The van der Waals surface area contributed by atoms with E-state index in [1.807, 2.05) is 61.2 Å². The Balaban J connectivity index is 1.58. The van der Waals surface area contributed by atoms with Crippen molar-refractivity contribution in [3.05, 3.63) is 65.2 Å². The number of hydrogen-bond acceptors (Lipinski definition) is 3. The van der Waals surface area contributed by atoms with Gasteiger partial charge in [0.25, 0.3) is 0 Å². The number of piperazine rings is 1. The van der Waals surface area contributed by atoms with Crippen LogP contribution in [0.25, 0.3) is 0 Å². The van der Waals surface area contributed by atoms with Gasteiger partial charge in [-0.15, -0.1) is 0 Å². The van der Waals surface area contributed by atoms with Gasteiger partial charge in [-0.1, -0.05) is 48.0 Å². The second-order valence-electron chi connectivity index (χ2n) is 6.80.